The van der Waals surface area contributed by atoms with Crippen LogP contribution in [0.5, 0.6) is 5.75 Å². The quantitative estimate of drug-likeness (QED) is 0.567. The van der Waals surface area contributed by atoms with Crippen LogP contribution in [0.2, 0.25) is 5.02 Å². The number of rotatable bonds is 7. The number of hydrogen-bond acceptors (Lipinski definition) is 6. The maximum atomic E-state index is 12.0. The fourth-order valence-corrected chi connectivity index (χ4v) is 3.81. The van der Waals surface area contributed by atoms with Crippen molar-refractivity contribution in [3.05, 3.63) is 70.3 Å². The molecule has 31 heavy (non-hydrogen) atoms. The number of nitrogens with zero attached hydrogens (tertiary/aromatic N) is 4. The van der Waals surface area contributed by atoms with E-state index in [2.05, 4.69) is 10.2 Å². The van der Waals surface area contributed by atoms with Crippen LogP contribution >= 0.6 is 11.6 Å². The Kier molecular flexibility index (Phi) is 6.15. The number of Topliss-reactive ketones (excluding diaryl/α,β-unsaturated/α-hetero) is 1. The molecule has 0 bridgehead atoms. The van der Waals surface area contributed by atoms with E-state index in [0.717, 1.165) is 40.5 Å². The molecule has 7 nitrogen and oxygen atoms in total. The number of fused-ring (bicyclic) bond motifs is 3. The van der Waals surface area contributed by atoms with Crippen LogP contribution in [0.25, 0.3) is 5.69 Å². The number of carbonyl (C=O) groups is 1. The molecular formula is C23H24ClN5O2. The second-order valence-corrected chi connectivity index (χ2v) is 7.95. The predicted octanol–water partition coefficient (Wildman–Crippen LogP) is 3.83. The van der Waals surface area contributed by atoms with Crippen molar-refractivity contribution >= 4 is 23.1 Å². The third-order valence-electron chi connectivity index (χ3n) is 5.11. The Morgan fingerprint density at radius 3 is 2.68 bits per heavy atom. The molecule has 0 radical (unpaired) electrons. The Bertz CT molecular complexity index is 1140. The minimum Gasteiger partial charge on any atom is -0.494 e. The zero-order valence-corrected chi connectivity index (χ0v) is 18.3. The molecule has 0 saturated carbocycles. The van der Waals surface area contributed by atoms with Gasteiger partial charge in [-0.1, -0.05) is 23.7 Å². The zero-order chi connectivity index (χ0) is 22.0. The van der Waals surface area contributed by atoms with Crippen molar-refractivity contribution in [1.82, 2.24) is 14.8 Å². The van der Waals surface area contributed by atoms with Crippen LogP contribution in [0.15, 0.2) is 47.5 Å². The van der Waals surface area contributed by atoms with E-state index in [1.807, 2.05) is 54.0 Å². The van der Waals surface area contributed by atoms with Gasteiger partial charge in [-0.25, -0.2) is 0 Å². The minimum absolute atomic E-state index is 0.0353. The van der Waals surface area contributed by atoms with Crippen molar-refractivity contribution in [2.45, 2.75) is 32.7 Å². The van der Waals surface area contributed by atoms with Gasteiger partial charge in [-0.15, -0.1) is 10.2 Å². The number of hydrogen-bond donors (Lipinski definition) is 1. The van der Waals surface area contributed by atoms with E-state index in [-0.39, 0.29) is 12.2 Å². The Morgan fingerprint density at radius 1 is 1.19 bits per heavy atom. The lowest BCUT2D eigenvalue weighted by molar-refractivity contribution is -0.117. The highest BCUT2D eigenvalue weighted by Gasteiger charge is 2.29. The monoisotopic (exact) mass is 437 g/mol. The van der Waals surface area contributed by atoms with Gasteiger partial charge in [0.15, 0.2) is 5.82 Å². The first kappa shape index (κ1) is 21.2. The van der Waals surface area contributed by atoms with Gasteiger partial charge in [0.05, 0.1) is 18.0 Å². The molecule has 160 valence electrons. The largest absolute Gasteiger partial charge is 0.494 e. The number of benzene rings is 2. The molecule has 0 aliphatic carbocycles. The van der Waals surface area contributed by atoms with Crippen molar-refractivity contribution in [2.75, 3.05) is 13.2 Å². The van der Waals surface area contributed by atoms with E-state index in [1.165, 1.54) is 0 Å². The SMILES string of the molecule is CC(=O)C[C@@H]1N=C(c2ccc(Cl)cc2)c2cc(OCCCN)ccc2-n2c(C)nnc21. The summed E-state index contributed by atoms with van der Waals surface area (Å²) in [5, 5.41) is 9.26. The van der Waals surface area contributed by atoms with Gasteiger partial charge >= 0.3 is 0 Å². The maximum Gasteiger partial charge on any atom is 0.162 e. The van der Waals surface area contributed by atoms with Crippen molar-refractivity contribution in [3.8, 4) is 11.4 Å². The van der Waals surface area contributed by atoms with Crippen LogP contribution in [0, 0.1) is 6.92 Å². The second kappa shape index (κ2) is 8.99. The maximum absolute atomic E-state index is 12.0. The summed E-state index contributed by atoms with van der Waals surface area (Å²) in [5.41, 5.74) is 9.02. The highest BCUT2D eigenvalue weighted by Crippen LogP contribution is 2.34. The summed E-state index contributed by atoms with van der Waals surface area (Å²) in [6.07, 6.45) is 1.01. The first-order valence-corrected chi connectivity index (χ1v) is 10.6. The van der Waals surface area contributed by atoms with Gasteiger partial charge in [0.1, 0.15) is 23.4 Å². The predicted molar refractivity (Wildman–Crippen MR) is 120 cm³/mol. The number of aryl methyl sites for hydroxylation is 1. The second-order valence-electron chi connectivity index (χ2n) is 7.52. The molecule has 1 aliphatic rings. The van der Waals surface area contributed by atoms with Crippen molar-refractivity contribution < 1.29 is 9.53 Å². The normalized spacial score (nSPS) is 15.0. The summed E-state index contributed by atoms with van der Waals surface area (Å²) in [6, 6.07) is 12.9. The summed E-state index contributed by atoms with van der Waals surface area (Å²) in [6.45, 7) is 4.56. The number of nitrogens with two attached hydrogens (primary N) is 1. The number of halogens is 1. The van der Waals surface area contributed by atoms with E-state index in [4.69, 9.17) is 27.1 Å². The molecule has 2 aromatic carbocycles. The van der Waals surface area contributed by atoms with Crippen molar-refractivity contribution in [1.29, 1.82) is 0 Å². The number of aromatic nitrogens is 3. The van der Waals surface area contributed by atoms with Gasteiger partial charge in [-0.05, 0) is 57.1 Å². The topological polar surface area (TPSA) is 95.4 Å². The molecular weight excluding hydrogens is 414 g/mol. The summed E-state index contributed by atoms with van der Waals surface area (Å²) < 4.78 is 7.87. The van der Waals surface area contributed by atoms with E-state index in [1.54, 1.807) is 6.92 Å². The van der Waals surface area contributed by atoms with Crippen molar-refractivity contribution in [3.63, 3.8) is 0 Å². The molecule has 8 heteroatoms. The first-order valence-electron chi connectivity index (χ1n) is 10.2. The smallest absolute Gasteiger partial charge is 0.162 e. The molecule has 0 spiro atoms. The van der Waals surface area contributed by atoms with Gasteiger partial charge < -0.3 is 10.5 Å². The van der Waals surface area contributed by atoms with E-state index >= 15 is 0 Å². The van der Waals surface area contributed by atoms with Gasteiger partial charge in [0.2, 0.25) is 0 Å². The summed E-state index contributed by atoms with van der Waals surface area (Å²) in [4.78, 5) is 17.0. The molecule has 0 amide bonds. The lowest BCUT2D eigenvalue weighted by Crippen LogP contribution is -2.10. The molecule has 0 unspecified atom stereocenters. The average Bonchev–Trinajstić information content (AvgIpc) is 3.07. The summed E-state index contributed by atoms with van der Waals surface area (Å²) in [5.74, 6) is 2.14. The lowest BCUT2D eigenvalue weighted by Gasteiger charge is -2.15. The zero-order valence-electron chi connectivity index (χ0n) is 17.5. The molecule has 2 N–H and O–H groups in total. The molecule has 1 aromatic heterocycles. The number of ketones is 1. The van der Waals surface area contributed by atoms with Crippen LogP contribution in [0.1, 0.15) is 48.6 Å². The molecule has 0 saturated heterocycles. The van der Waals surface area contributed by atoms with Crippen molar-refractivity contribution in [2.24, 2.45) is 10.7 Å². The van der Waals surface area contributed by atoms with Gasteiger partial charge in [-0.3, -0.25) is 14.4 Å². The number of aliphatic imine (C=N–C) groups is 1. The molecule has 3 aromatic rings. The Hall–Kier alpha value is -3.03. The van der Waals surface area contributed by atoms with E-state index in [9.17, 15) is 4.79 Å². The van der Waals surface area contributed by atoms with Crippen LogP contribution < -0.4 is 10.5 Å². The third-order valence-corrected chi connectivity index (χ3v) is 5.36. The highest BCUT2D eigenvalue weighted by molar-refractivity contribution is 6.30. The summed E-state index contributed by atoms with van der Waals surface area (Å²) in [7, 11) is 0. The lowest BCUT2D eigenvalue weighted by atomic mass is 10.00. The van der Waals surface area contributed by atoms with Gasteiger partial charge in [0.25, 0.3) is 0 Å². The first-order chi connectivity index (χ1) is 15.0. The van der Waals surface area contributed by atoms with E-state index < -0.39 is 6.04 Å². The highest BCUT2D eigenvalue weighted by atomic mass is 35.5. The Balaban J connectivity index is 1.92. The standard InChI is InChI=1S/C23H24ClN5O2/c1-14(30)12-20-23-28-27-15(2)29(23)21-9-8-18(31-11-3-10-25)13-19(21)22(26-20)16-4-6-17(24)7-5-16/h4-9,13,20H,3,10-12,25H2,1-2H3/t20-/m0/s1. The van der Waals surface area contributed by atoms with Crippen LogP contribution in [-0.4, -0.2) is 39.4 Å². The third kappa shape index (κ3) is 4.38. The fourth-order valence-electron chi connectivity index (χ4n) is 3.69. The average molecular weight is 438 g/mol. The Labute approximate surface area is 185 Å². The van der Waals surface area contributed by atoms with Crippen LogP contribution in [0.4, 0.5) is 0 Å². The fraction of sp³-hybridized carbons (Fsp3) is 0.304. The Morgan fingerprint density at radius 2 is 1.97 bits per heavy atom. The van der Waals surface area contributed by atoms with E-state index in [0.29, 0.717) is 24.0 Å². The minimum atomic E-state index is -0.446. The molecule has 1 aliphatic heterocycles. The summed E-state index contributed by atoms with van der Waals surface area (Å²) >= 11 is 6.12. The van der Waals surface area contributed by atoms with Gasteiger partial charge in [-0.2, -0.15) is 0 Å². The molecule has 2 heterocycles. The van der Waals surface area contributed by atoms with Crippen LogP contribution in [0.3, 0.4) is 0 Å². The molecule has 4 rings (SSSR count). The molecule has 0 fully saturated rings. The number of carbonyl (C=O) groups excluding carboxylic acids is 1. The van der Waals surface area contributed by atoms with Crippen LogP contribution in [-0.2, 0) is 4.79 Å². The molecule has 1 atom stereocenters. The van der Waals surface area contributed by atoms with Gasteiger partial charge in [0, 0.05) is 22.6 Å². The number of ether oxygens (including phenoxy) is 1.